The van der Waals surface area contributed by atoms with Gasteiger partial charge in [0.05, 0.1) is 5.75 Å². The van der Waals surface area contributed by atoms with Crippen LogP contribution in [0.15, 0.2) is 0 Å². The maximum Gasteiger partial charge on any atom is 0.303 e. The van der Waals surface area contributed by atoms with Gasteiger partial charge in [-0.3, -0.25) is 4.79 Å². The van der Waals surface area contributed by atoms with Crippen LogP contribution in [0.4, 0.5) is 0 Å². The van der Waals surface area contributed by atoms with Crippen molar-refractivity contribution in [2.24, 2.45) is 5.92 Å². The van der Waals surface area contributed by atoms with E-state index in [9.17, 15) is 13.2 Å². The van der Waals surface area contributed by atoms with Gasteiger partial charge in [-0.2, -0.15) is 0 Å². The number of carboxylic acids is 1. The highest BCUT2D eigenvalue weighted by Crippen LogP contribution is 2.22. The van der Waals surface area contributed by atoms with E-state index in [4.69, 9.17) is 5.11 Å². The summed E-state index contributed by atoms with van der Waals surface area (Å²) in [5, 5.41) is 8.60. The summed E-state index contributed by atoms with van der Waals surface area (Å²) in [7, 11) is -3.14. The Kier molecular flexibility index (Phi) is 4.10. The molecule has 0 saturated carbocycles. The third-order valence-corrected chi connectivity index (χ3v) is 4.61. The Morgan fingerprint density at radius 3 is 2.73 bits per heavy atom. The second kappa shape index (κ2) is 4.94. The minimum Gasteiger partial charge on any atom is -0.481 e. The number of nitrogens with zero attached hydrogens (tertiary/aromatic N) is 1. The van der Waals surface area contributed by atoms with Crippen LogP contribution in [0, 0.1) is 5.92 Å². The summed E-state index contributed by atoms with van der Waals surface area (Å²) < 4.78 is 24.7. The molecule has 0 spiro atoms. The lowest BCUT2D eigenvalue weighted by molar-refractivity contribution is -0.137. The highest BCUT2D eigenvalue weighted by Gasteiger charge is 2.31. The van der Waals surface area contributed by atoms with Gasteiger partial charge < -0.3 is 5.11 Å². The fourth-order valence-electron chi connectivity index (χ4n) is 1.85. The molecule has 1 fully saturated rings. The number of carbonyl (C=O) groups is 1. The molecule has 0 aromatic heterocycles. The third-order valence-electron chi connectivity index (χ3n) is 2.57. The monoisotopic (exact) mass is 235 g/mol. The molecular weight excluding hydrogens is 218 g/mol. The van der Waals surface area contributed by atoms with E-state index in [-0.39, 0.29) is 18.1 Å². The zero-order chi connectivity index (χ0) is 11.5. The molecule has 15 heavy (non-hydrogen) atoms. The van der Waals surface area contributed by atoms with E-state index in [2.05, 4.69) is 0 Å². The number of sulfonamides is 1. The molecule has 0 aromatic carbocycles. The van der Waals surface area contributed by atoms with Crippen molar-refractivity contribution in [2.75, 3.05) is 18.8 Å². The van der Waals surface area contributed by atoms with Crippen LogP contribution in [-0.2, 0) is 14.8 Å². The third kappa shape index (κ3) is 3.46. The summed E-state index contributed by atoms with van der Waals surface area (Å²) in [4.78, 5) is 10.5. The number of hydrogen-bond acceptors (Lipinski definition) is 3. The van der Waals surface area contributed by atoms with Crippen molar-refractivity contribution in [3.8, 4) is 0 Å². The standard InChI is InChI=1S/C9H17NO4S/c1-2-5-15(13,14)10-4-3-8(7-10)6-9(11)12/h8H,2-7H2,1H3,(H,11,12). The normalized spacial score (nSPS) is 23.1. The summed E-state index contributed by atoms with van der Waals surface area (Å²) in [6, 6.07) is 0. The Morgan fingerprint density at radius 1 is 1.53 bits per heavy atom. The van der Waals surface area contributed by atoms with Crippen molar-refractivity contribution >= 4 is 16.0 Å². The van der Waals surface area contributed by atoms with Crippen molar-refractivity contribution in [3.05, 3.63) is 0 Å². The highest BCUT2D eigenvalue weighted by molar-refractivity contribution is 7.89. The number of rotatable bonds is 5. The smallest absolute Gasteiger partial charge is 0.303 e. The Balaban J connectivity index is 2.52. The van der Waals surface area contributed by atoms with Crippen LogP contribution in [-0.4, -0.2) is 42.6 Å². The summed E-state index contributed by atoms with van der Waals surface area (Å²) in [5.41, 5.74) is 0. The number of carboxylic acid groups (broad SMARTS) is 1. The zero-order valence-electron chi connectivity index (χ0n) is 8.85. The van der Waals surface area contributed by atoms with Crippen LogP contribution in [0.3, 0.4) is 0 Å². The largest absolute Gasteiger partial charge is 0.481 e. The summed E-state index contributed by atoms with van der Waals surface area (Å²) >= 11 is 0. The van der Waals surface area contributed by atoms with Gasteiger partial charge in [0, 0.05) is 19.5 Å². The molecule has 5 nitrogen and oxygen atoms in total. The first-order valence-corrected chi connectivity index (χ1v) is 6.76. The second-order valence-electron chi connectivity index (χ2n) is 3.93. The number of hydrogen-bond donors (Lipinski definition) is 1. The fourth-order valence-corrected chi connectivity index (χ4v) is 3.45. The molecule has 0 aromatic rings. The van der Waals surface area contributed by atoms with Gasteiger partial charge >= 0.3 is 5.97 Å². The average molecular weight is 235 g/mol. The van der Waals surface area contributed by atoms with Crippen LogP contribution in [0.1, 0.15) is 26.2 Å². The highest BCUT2D eigenvalue weighted by atomic mass is 32.2. The molecule has 0 aliphatic carbocycles. The molecule has 6 heteroatoms. The molecule has 1 unspecified atom stereocenters. The van der Waals surface area contributed by atoms with Crippen LogP contribution in [0.2, 0.25) is 0 Å². The van der Waals surface area contributed by atoms with E-state index < -0.39 is 16.0 Å². The van der Waals surface area contributed by atoms with E-state index in [0.717, 1.165) is 0 Å². The van der Waals surface area contributed by atoms with Crippen LogP contribution < -0.4 is 0 Å². The van der Waals surface area contributed by atoms with Crippen LogP contribution in [0.5, 0.6) is 0 Å². The SMILES string of the molecule is CCCS(=O)(=O)N1CCC(CC(=O)O)C1. The molecule has 88 valence electrons. The molecule has 1 aliphatic rings. The second-order valence-corrected chi connectivity index (χ2v) is 6.02. The van der Waals surface area contributed by atoms with E-state index in [1.165, 1.54) is 4.31 Å². The van der Waals surface area contributed by atoms with Crippen LogP contribution >= 0.6 is 0 Å². The van der Waals surface area contributed by atoms with Gasteiger partial charge in [0.2, 0.25) is 10.0 Å². The molecule has 1 heterocycles. The topological polar surface area (TPSA) is 74.7 Å². The minimum atomic E-state index is -3.14. The molecule has 1 atom stereocenters. The Bertz CT molecular complexity index is 325. The molecule has 0 radical (unpaired) electrons. The van der Waals surface area contributed by atoms with Crippen molar-refractivity contribution in [3.63, 3.8) is 0 Å². The maximum atomic E-state index is 11.6. The molecule has 0 bridgehead atoms. The summed E-state index contributed by atoms with van der Waals surface area (Å²) in [6.07, 6.45) is 1.33. The summed E-state index contributed by atoms with van der Waals surface area (Å²) in [6.45, 7) is 2.66. The van der Waals surface area contributed by atoms with Crippen LogP contribution in [0.25, 0.3) is 0 Å². The lowest BCUT2D eigenvalue weighted by Crippen LogP contribution is -2.31. The number of aliphatic carboxylic acids is 1. The van der Waals surface area contributed by atoms with Gasteiger partial charge in [-0.15, -0.1) is 0 Å². The van der Waals surface area contributed by atoms with E-state index >= 15 is 0 Å². The quantitative estimate of drug-likeness (QED) is 0.754. The Labute approximate surface area is 90.1 Å². The van der Waals surface area contributed by atoms with Gasteiger partial charge in [0.25, 0.3) is 0 Å². The van der Waals surface area contributed by atoms with Gasteiger partial charge in [0.15, 0.2) is 0 Å². The first kappa shape index (κ1) is 12.4. The molecular formula is C9H17NO4S. The van der Waals surface area contributed by atoms with Gasteiger partial charge in [-0.25, -0.2) is 12.7 Å². The minimum absolute atomic E-state index is 0.0193. The molecule has 0 amide bonds. The van der Waals surface area contributed by atoms with Gasteiger partial charge in [-0.05, 0) is 18.8 Å². The van der Waals surface area contributed by atoms with E-state index in [1.54, 1.807) is 0 Å². The summed E-state index contributed by atoms with van der Waals surface area (Å²) in [5.74, 6) is -0.712. The van der Waals surface area contributed by atoms with Crippen molar-refractivity contribution in [2.45, 2.75) is 26.2 Å². The lowest BCUT2D eigenvalue weighted by atomic mass is 10.1. The fraction of sp³-hybridized carbons (Fsp3) is 0.889. The van der Waals surface area contributed by atoms with Gasteiger partial charge in [0.1, 0.15) is 0 Å². The maximum absolute atomic E-state index is 11.6. The Morgan fingerprint density at radius 2 is 2.20 bits per heavy atom. The van der Waals surface area contributed by atoms with E-state index in [0.29, 0.717) is 25.9 Å². The molecule has 1 aliphatic heterocycles. The molecule has 1 N–H and O–H groups in total. The van der Waals surface area contributed by atoms with Crippen molar-refractivity contribution in [1.82, 2.24) is 4.31 Å². The Hall–Kier alpha value is -0.620. The van der Waals surface area contributed by atoms with E-state index in [1.807, 2.05) is 6.92 Å². The van der Waals surface area contributed by atoms with Gasteiger partial charge in [-0.1, -0.05) is 6.92 Å². The van der Waals surface area contributed by atoms with Crippen molar-refractivity contribution in [1.29, 1.82) is 0 Å². The first-order chi connectivity index (χ1) is 6.95. The average Bonchev–Trinajstić information content (AvgIpc) is 2.51. The molecule has 1 rings (SSSR count). The predicted octanol–water partition coefficient (Wildman–Crippen LogP) is 0.523. The lowest BCUT2D eigenvalue weighted by Gasteiger charge is -2.15. The predicted molar refractivity (Wildman–Crippen MR) is 56.0 cm³/mol. The molecule has 1 saturated heterocycles. The zero-order valence-corrected chi connectivity index (χ0v) is 9.66. The van der Waals surface area contributed by atoms with Crippen molar-refractivity contribution < 1.29 is 18.3 Å². The first-order valence-electron chi connectivity index (χ1n) is 5.15.